The molecule has 4 aromatic rings. The zero-order chi connectivity index (χ0) is 23.4. The molecule has 0 amide bonds. The van der Waals surface area contributed by atoms with Crippen molar-refractivity contribution in [1.29, 1.82) is 10.5 Å². The van der Waals surface area contributed by atoms with Gasteiger partial charge in [-0.05, 0) is 46.5 Å². The number of rotatable bonds is 5. The number of hydrogen-bond acceptors (Lipinski definition) is 3. The third kappa shape index (κ3) is 5.28. The molecule has 0 saturated heterocycles. The molecular formula is C26H18ClF3N4. The van der Waals surface area contributed by atoms with Crippen molar-refractivity contribution in [3.8, 4) is 23.3 Å². The maximum Gasteiger partial charge on any atom is 0.417 e. The van der Waals surface area contributed by atoms with Gasteiger partial charge in [-0.2, -0.15) is 23.7 Å². The largest absolute Gasteiger partial charge is 0.417 e. The summed E-state index contributed by atoms with van der Waals surface area (Å²) >= 11 is 0. The minimum Gasteiger partial charge on any atom is -0.330 e. The van der Waals surface area contributed by atoms with Crippen LogP contribution < -0.4 is 0 Å². The van der Waals surface area contributed by atoms with Crippen molar-refractivity contribution >= 4 is 12.4 Å². The first-order valence-electron chi connectivity index (χ1n) is 10.1. The first-order chi connectivity index (χ1) is 15.9. The van der Waals surface area contributed by atoms with Gasteiger partial charge in [-0.25, -0.2) is 4.98 Å². The molecule has 0 aliphatic heterocycles. The van der Waals surface area contributed by atoms with Crippen LogP contribution in [0.25, 0.3) is 11.1 Å². The first-order valence-corrected chi connectivity index (χ1v) is 10.1. The van der Waals surface area contributed by atoms with Gasteiger partial charge in [-0.1, -0.05) is 42.5 Å². The highest BCUT2D eigenvalue weighted by Gasteiger charge is 2.33. The molecule has 0 bridgehead atoms. The molecule has 1 heterocycles. The molecule has 0 saturated carbocycles. The lowest BCUT2D eigenvalue weighted by atomic mass is 9.95. The van der Waals surface area contributed by atoms with E-state index in [4.69, 9.17) is 5.26 Å². The summed E-state index contributed by atoms with van der Waals surface area (Å²) in [5.74, 6) is 0. The summed E-state index contributed by atoms with van der Waals surface area (Å²) in [6.45, 7) is 0.357. The lowest BCUT2D eigenvalue weighted by Crippen LogP contribution is -2.08. The SMILES string of the molecule is Cl.N#Cc1ccc(Cc2cncn2Cc2ccc(-c3ccccc3C(F)(F)F)cc2C#N)cc1. The summed E-state index contributed by atoms with van der Waals surface area (Å²) in [6, 6.07) is 21.6. The Balaban J connectivity index is 0.00000324. The van der Waals surface area contributed by atoms with Crippen LogP contribution in [-0.4, -0.2) is 9.55 Å². The van der Waals surface area contributed by atoms with Crippen molar-refractivity contribution in [2.75, 3.05) is 0 Å². The fourth-order valence-electron chi connectivity index (χ4n) is 3.70. The maximum absolute atomic E-state index is 13.4. The highest BCUT2D eigenvalue weighted by molar-refractivity contribution is 5.85. The Morgan fingerprint density at radius 2 is 1.65 bits per heavy atom. The smallest absolute Gasteiger partial charge is 0.330 e. The van der Waals surface area contributed by atoms with Gasteiger partial charge in [-0.3, -0.25) is 0 Å². The fraction of sp³-hybridized carbons (Fsp3) is 0.115. The third-order valence-electron chi connectivity index (χ3n) is 5.38. The number of aromatic nitrogens is 2. The normalized spacial score (nSPS) is 10.7. The number of alkyl halides is 3. The quantitative estimate of drug-likeness (QED) is 0.334. The van der Waals surface area contributed by atoms with Crippen LogP contribution in [-0.2, 0) is 19.1 Å². The second-order valence-electron chi connectivity index (χ2n) is 7.53. The summed E-state index contributed by atoms with van der Waals surface area (Å²) in [5.41, 5.74) is 3.14. The molecule has 0 N–H and O–H groups in total. The minimum absolute atomic E-state index is 0. The molecule has 1 aromatic heterocycles. The standard InChI is InChI=1S/C26H17F3N4.ClH/c27-26(28,29)25-4-2-1-3-24(25)20-9-10-21(22(12-20)14-31)16-33-17-32-15-23(33)11-18-5-7-19(13-30)8-6-18;/h1-10,12,15,17H,11,16H2;1H. The molecule has 0 radical (unpaired) electrons. The van der Waals surface area contributed by atoms with Gasteiger partial charge in [0.05, 0.1) is 41.7 Å². The summed E-state index contributed by atoms with van der Waals surface area (Å²) in [7, 11) is 0. The molecule has 0 unspecified atom stereocenters. The molecule has 0 spiro atoms. The van der Waals surface area contributed by atoms with Gasteiger partial charge >= 0.3 is 6.18 Å². The van der Waals surface area contributed by atoms with Gasteiger partial charge in [0.2, 0.25) is 0 Å². The maximum atomic E-state index is 13.4. The highest BCUT2D eigenvalue weighted by atomic mass is 35.5. The third-order valence-corrected chi connectivity index (χ3v) is 5.38. The Hall–Kier alpha value is -4.07. The Morgan fingerprint density at radius 3 is 2.32 bits per heavy atom. The molecule has 0 atom stereocenters. The molecule has 0 fully saturated rings. The molecule has 8 heteroatoms. The number of imidazole rings is 1. The van der Waals surface area contributed by atoms with Gasteiger partial charge in [0.15, 0.2) is 0 Å². The van der Waals surface area contributed by atoms with E-state index >= 15 is 0 Å². The molecule has 0 aliphatic rings. The van der Waals surface area contributed by atoms with Crippen LogP contribution in [0.4, 0.5) is 13.2 Å². The predicted octanol–water partition coefficient (Wildman–Crippen LogP) is 6.37. The Bertz CT molecular complexity index is 1380. The molecule has 170 valence electrons. The van der Waals surface area contributed by atoms with Crippen LogP contribution in [0.5, 0.6) is 0 Å². The zero-order valence-electron chi connectivity index (χ0n) is 17.8. The topological polar surface area (TPSA) is 65.4 Å². The number of nitrogens with zero attached hydrogens (tertiary/aromatic N) is 4. The van der Waals surface area contributed by atoms with Crippen LogP contribution in [0, 0.1) is 22.7 Å². The second kappa shape index (κ2) is 10.2. The predicted molar refractivity (Wildman–Crippen MR) is 124 cm³/mol. The van der Waals surface area contributed by atoms with Crippen LogP contribution in [0.15, 0.2) is 79.3 Å². The van der Waals surface area contributed by atoms with E-state index in [2.05, 4.69) is 17.1 Å². The summed E-state index contributed by atoms with van der Waals surface area (Å²) in [6.07, 6.45) is -0.505. The summed E-state index contributed by atoms with van der Waals surface area (Å²) < 4.78 is 42.2. The van der Waals surface area contributed by atoms with E-state index < -0.39 is 11.7 Å². The number of hydrogen-bond donors (Lipinski definition) is 0. The van der Waals surface area contributed by atoms with Crippen molar-refractivity contribution < 1.29 is 13.2 Å². The molecule has 34 heavy (non-hydrogen) atoms. The molecule has 3 aromatic carbocycles. The number of benzene rings is 3. The summed E-state index contributed by atoms with van der Waals surface area (Å²) in [4.78, 5) is 4.21. The fourth-order valence-corrected chi connectivity index (χ4v) is 3.70. The van der Waals surface area contributed by atoms with Crippen LogP contribution >= 0.6 is 12.4 Å². The van der Waals surface area contributed by atoms with Crippen molar-refractivity contribution in [1.82, 2.24) is 9.55 Å². The average Bonchev–Trinajstić information content (AvgIpc) is 3.25. The lowest BCUT2D eigenvalue weighted by molar-refractivity contribution is -0.137. The monoisotopic (exact) mass is 478 g/mol. The molecule has 4 rings (SSSR count). The van der Waals surface area contributed by atoms with E-state index in [9.17, 15) is 18.4 Å². The Labute approximate surface area is 201 Å². The molecular weight excluding hydrogens is 461 g/mol. The number of halogens is 4. The van der Waals surface area contributed by atoms with Crippen molar-refractivity contribution in [2.24, 2.45) is 0 Å². The van der Waals surface area contributed by atoms with Crippen molar-refractivity contribution in [3.63, 3.8) is 0 Å². The highest BCUT2D eigenvalue weighted by Crippen LogP contribution is 2.37. The van der Waals surface area contributed by atoms with Crippen LogP contribution in [0.3, 0.4) is 0 Å². The van der Waals surface area contributed by atoms with E-state index in [-0.39, 0.29) is 18.0 Å². The molecule has 4 nitrogen and oxygen atoms in total. The van der Waals surface area contributed by atoms with Gasteiger partial charge in [0, 0.05) is 18.3 Å². The van der Waals surface area contributed by atoms with Crippen LogP contribution in [0.2, 0.25) is 0 Å². The summed E-state index contributed by atoms with van der Waals surface area (Å²) in [5, 5.41) is 18.6. The van der Waals surface area contributed by atoms with E-state index in [0.29, 0.717) is 35.2 Å². The Morgan fingerprint density at radius 1 is 0.912 bits per heavy atom. The van der Waals surface area contributed by atoms with E-state index in [1.807, 2.05) is 16.7 Å². The van der Waals surface area contributed by atoms with Crippen molar-refractivity contribution in [3.05, 3.63) is 113 Å². The molecule has 0 aliphatic carbocycles. The number of nitriles is 2. The average molecular weight is 479 g/mol. The van der Waals surface area contributed by atoms with Gasteiger partial charge in [0.1, 0.15) is 0 Å². The second-order valence-corrected chi connectivity index (χ2v) is 7.53. The van der Waals surface area contributed by atoms with Gasteiger partial charge < -0.3 is 4.57 Å². The van der Waals surface area contributed by atoms with Crippen molar-refractivity contribution in [2.45, 2.75) is 19.1 Å². The van der Waals surface area contributed by atoms with E-state index in [1.165, 1.54) is 18.2 Å². The minimum atomic E-state index is -4.49. The van der Waals surface area contributed by atoms with Crippen LogP contribution in [0.1, 0.15) is 33.5 Å². The lowest BCUT2D eigenvalue weighted by Gasteiger charge is -2.15. The van der Waals surface area contributed by atoms with Gasteiger partial charge in [0.25, 0.3) is 0 Å². The van der Waals surface area contributed by atoms with E-state index in [0.717, 1.165) is 17.3 Å². The van der Waals surface area contributed by atoms with Gasteiger partial charge in [-0.15, -0.1) is 12.4 Å². The first kappa shape index (κ1) is 24.6. The zero-order valence-corrected chi connectivity index (χ0v) is 18.6. The Kier molecular flexibility index (Phi) is 7.40. The van der Waals surface area contributed by atoms with E-state index in [1.54, 1.807) is 42.9 Å².